The first kappa shape index (κ1) is 10.8. The number of hydrogen-bond acceptors (Lipinski definition) is 3. The zero-order valence-corrected chi connectivity index (χ0v) is 9.76. The second-order valence-corrected chi connectivity index (χ2v) is 5.17. The maximum absolute atomic E-state index is 11.4. The Bertz CT molecular complexity index is 509. The number of piperidine rings is 1. The standard InChI is InChI=1S/C12H17N3O2/c16-11-2-5-15(12(17)13-11)4-1-3-14-7-9-6-10(9)8-14/h2,5,9-10H,1,3-4,6-8H2,(H,13,16,17). The molecule has 2 fully saturated rings. The minimum absolute atomic E-state index is 0.304. The molecule has 0 radical (unpaired) electrons. The van der Waals surface area contributed by atoms with Gasteiger partial charge in [-0.1, -0.05) is 0 Å². The highest BCUT2D eigenvalue weighted by Gasteiger charge is 2.44. The van der Waals surface area contributed by atoms with Gasteiger partial charge in [-0.05, 0) is 31.2 Å². The molecule has 1 aromatic heterocycles. The van der Waals surface area contributed by atoms with Crippen LogP contribution in [0.2, 0.25) is 0 Å². The monoisotopic (exact) mass is 235 g/mol. The summed E-state index contributed by atoms with van der Waals surface area (Å²) in [5.74, 6) is 1.93. The Kier molecular flexibility index (Phi) is 2.63. The predicted molar refractivity (Wildman–Crippen MR) is 64.0 cm³/mol. The van der Waals surface area contributed by atoms with Gasteiger partial charge in [0, 0.05) is 31.9 Å². The van der Waals surface area contributed by atoms with Crippen LogP contribution >= 0.6 is 0 Å². The minimum Gasteiger partial charge on any atom is -0.303 e. The molecule has 5 nitrogen and oxygen atoms in total. The van der Waals surface area contributed by atoms with Crippen LogP contribution in [0.15, 0.2) is 21.9 Å². The molecule has 2 atom stereocenters. The second kappa shape index (κ2) is 4.14. The molecule has 1 aromatic rings. The van der Waals surface area contributed by atoms with Gasteiger partial charge in [-0.25, -0.2) is 4.79 Å². The summed E-state index contributed by atoms with van der Waals surface area (Å²) in [6.45, 7) is 4.22. The van der Waals surface area contributed by atoms with Gasteiger partial charge in [0.05, 0.1) is 0 Å². The van der Waals surface area contributed by atoms with Gasteiger partial charge >= 0.3 is 5.69 Å². The van der Waals surface area contributed by atoms with Crippen molar-refractivity contribution in [2.75, 3.05) is 19.6 Å². The Morgan fingerprint density at radius 2 is 2.00 bits per heavy atom. The average Bonchev–Trinajstić information content (AvgIpc) is 2.90. The molecule has 2 aliphatic rings. The van der Waals surface area contributed by atoms with Crippen molar-refractivity contribution in [1.29, 1.82) is 0 Å². The van der Waals surface area contributed by atoms with Gasteiger partial charge in [0.15, 0.2) is 0 Å². The second-order valence-electron chi connectivity index (χ2n) is 5.17. The molecule has 1 saturated carbocycles. The van der Waals surface area contributed by atoms with Gasteiger partial charge in [0.1, 0.15) is 0 Å². The first-order valence-electron chi connectivity index (χ1n) is 6.24. The highest BCUT2D eigenvalue weighted by Crippen LogP contribution is 2.44. The van der Waals surface area contributed by atoms with E-state index in [1.807, 2.05) is 0 Å². The predicted octanol–water partition coefficient (Wildman–Crippen LogP) is -0.122. The van der Waals surface area contributed by atoms with E-state index >= 15 is 0 Å². The summed E-state index contributed by atoms with van der Waals surface area (Å²) in [5, 5.41) is 0. The molecule has 92 valence electrons. The first-order valence-corrected chi connectivity index (χ1v) is 6.24. The fourth-order valence-electron chi connectivity index (χ4n) is 2.76. The van der Waals surface area contributed by atoms with E-state index in [1.54, 1.807) is 10.8 Å². The zero-order valence-electron chi connectivity index (χ0n) is 9.76. The third kappa shape index (κ3) is 2.34. The fraction of sp³-hybridized carbons (Fsp3) is 0.667. The lowest BCUT2D eigenvalue weighted by Crippen LogP contribution is -2.30. The van der Waals surface area contributed by atoms with Gasteiger partial charge in [-0.3, -0.25) is 9.78 Å². The Morgan fingerprint density at radius 1 is 1.24 bits per heavy atom. The maximum Gasteiger partial charge on any atom is 0.328 e. The SMILES string of the molecule is O=c1ccn(CCCN2CC3CC3C2)c(=O)[nH]1. The van der Waals surface area contributed by atoms with Crippen LogP contribution in [0.3, 0.4) is 0 Å². The quantitative estimate of drug-likeness (QED) is 0.791. The molecule has 1 saturated heterocycles. The summed E-state index contributed by atoms with van der Waals surface area (Å²) >= 11 is 0. The van der Waals surface area contributed by atoms with Crippen molar-refractivity contribution in [3.63, 3.8) is 0 Å². The van der Waals surface area contributed by atoms with E-state index in [2.05, 4.69) is 9.88 Å². The number of rotatable bonds is 4. The molecule has 1 aliphatic heterocycles. The van der Waals surface area contributed by atoms with Crippen molar-refractivity contribution in [3.05, 3.63) is 33.1 Å². The van der Waals surface area contributed by atoms with Gasteiger partial charge in [-0.15, -0.1) is 0 Å². The number of aryl methyl sites for hydroxylation is 1. The molecule has 0 amide bonds. The van der Waals surface area contributed by atoms with Crippen LogP contribution in [0, 0.1) is 11.8 Å². The summed E-state index contributed by atoms with van der Waals surface area (Å²) in [5.41, 5.74) is -0.632. The van der Waals surface area contributed by atoms with Crippen LogP contribution in [0.25, 0.3) is 0 Å². The number of aromatic nitrogens is 2. The largest absolute Gasteiger partial charge is 0.328 e. The van der Waals surface area contributed by atoms with Gasteiger partial charge in [-0.2, -0.15) is 0 Å². The normalized spacial score (nSPS) is 27.1. The van der Waals surface area contributed by atoms with Crippen molar-refractivity contribution in [1.82, 2.24) is 14.5 Å². The number of hydrogen-bond donors (Lipinski definition) is 1. The van der Waals surface area contributed by atoms with Gasteiger partial charge < -0.3 is 9.47 Å². The number of fused-ring (bicyclic) bond motifs is 1. The van der Waals surface area contributed by atoms with Crippen LogP contribution in [0.1, 0.15) is 12.8 Å². The van der Waals surface area contributed by atoms with Gasteiger partial charge in [0.25, 0.3) is 5.56 Å². The molecular weight excluding hydrogens is 218 g/mol. The first-order chi connectivity index (χ1) is 8.22. The van der Waals surface area contributed by atoms with Crippen LogP contribution in [-0.2, 0) is 6.54 Å². The molecule has 1 aliphatic carbocycles. The van der Waals surface area contributed by atoms with Crippen LogP contribution in [0.5, 0.6) is 0 Å². The lowest BCUT2D eigenvalue weighted by atomic mass is 10.3. The lowest BCUT2D eigenvalue weighted by molar-refractivity contribution is 0.293. The Morgan fingerprint density at radius 3 is 2.71 bits per heavy atom. The fourth-order valence-corrected chi connectivity index (χ4v) is 2.76. The van der Waals surface area contributed by atoms with E-state index in [0.29, 0.717) is 6.54 Å². The molecule has 0 bridgehead atoms. The van der Waals surface area contributed by atoms with Crippen molar-refractivity contribution in [3.8, 4) is 0 Å². The minimum atomic E-state index is -0.328. The average molecular weight is 235 g/mol. The third-order valence-electron chi connectivity index (χ3n) is 3.82. The lowest BCUT2D eigenvalue weighted by Gasteiger charge is -2.17. The molecule has 2 unspecified atom stereocenters. The number of nitrogens with one attached hydrogen (secondary N) is 1. The summed E-state index contributed by atoms with van der Waals surface area (Å²) < 4.78 is 1.57. The Hall–Kier alpha value is -1.36. The molecule has 1 N–H and O–H groups in total. The summed E-state index contributed by atoms with van der Waals surface area (Å²) in [6.07, 6.45) is 3.96. The molecular formula is C12H17N3O2. The van der Waals surface area contributed by atoms with Crippen molar-refractivity contribution in [2.24, 2.45) is 11.8 Å². The summed E-state index contributed by atoms with van der Waals surface area (Å²) in [6, 6.07) is 1.40. The summed E-state index contributed by atoms with van der Waals surface area (Å²) in [4.78, 5) is 27.1. The zero-order chi connectivity index (χ0) is 11.8. The van der Waals surface area contributed by atoms with Crippen molar-refractivity contribution in [2.45, 2.75) is 19.4 Å². The van der Waals surface area contributed by atoms with E-state index in [1.165, 1.54) is 25.6 Å². The van der Waals surface area contributed by atoms with Crippen LogP contribution in [-0.4, -0.2) is 34.1 Å². The molecule has 0 spiro atoms. The van der Waals surface area contributed by atoms with E-state index in [4.69, 9.17) is 0 Å². The highest BCUT2D eigenvalue weighted by molar-refractivity contribution is 4.96. The number of aromatic amines is 1. The van der Waals surface area contributed by atoms with E-state index in [-0.39, 0.29) is 11.2 Å². The highest BCUT2D eigenvalue weighted by atomic mass is 16.2. The number of likely N-dealkylation sites (tertiary alicyclic amines) is 1. The molecule has 17 heavy (non-hydrogen) atoms. The third-order valence-corrected chi connectivity index (χ3v) is 3.82. The van der Waals surface area contributed by atoms with Crippen LogP contribution < -0.4 is 11.2 Å². The molecule has 5 heteroatoms. The van der Waals surface area contributed by atoms with E-state index in [9.17, 15) is 9.59 Å². The Labute approximate surface area is 99.1 Å². The Balaban J connectivity index is 1.50. The summed E-state index contributed by atoms with van der Waals surface area (Å²) in [7, 11) is 0. The molecule has 0 aromatic carbocycles. The topological polar surface area (TPSA) is 58.1 Å². The van der Waals surface area contributed by atoms with Crippen LogP contribution in [0.4, 0.5) is 0 Å². The van der Waals surface area contributed by atoms with E-state index in [0.717, 1.165) is 24.8 Å². The smallest absolute Gasteiger partial charge is 0.303 e. The van der Waals surface area contributed by atoms with Crippen molar-refractivity contribution >= 4 is 0 Å². The van der Waals surface area contributed by atoms with Crippen molar-refractivity contribution < 1.29 is 0 Å². The van der Waals surface area contributed by atoms with E-state index < -0.39 is 0 Å². The number of H-pyrrole nitrogens is 1. The maximum atomic E-state index is 11.4. The number of nitrogens with zero attached hydrogens (tertiary/aromatic N) is 2. The molecule has 3 rings (SSSR count). The molecule has 2 heterocycles. The van der Waals surface area contributed by atoms with Gasteiger partial charge in [0.2, 0.25) is 0 Å².